The number of halogens is 2. The molecule has 0 bridgehead atoms. The fourth-order valence-electron chi connectivity index (χ4n) is 2.60. The monoisotopic (exact) mass is 448 g/mol. The number of carboxylic acids is 1. The molecule has 0 saturated carbocycles. The Balaban J connectivity index is 1.90. The maximum absolute atomic E-state index is 12.9. The molecule has 154 valence electrons. The number of carboxylic acid groups (broad SMARTS) is 1. The van der Waals surface area contributed by atoms with Gasteiger partial charge in [0.25, 0.3) is 11.8 Å². The van der Waals surface area contributed by atoms with Gasteiger partial charge in [0.1, 0.15) is 11.3 Å². The molecule has 10 heteroatoms. The van der Waals surface area contributed by atoms with Crippen molar-refractivity contribution in [3.8, 4) is 5.75 Å². The molecule has 0 aliphatic carbocycles. The number of aliphatic carboxylic acids is 1. The minimum Gasteiger partial charge on any atom is -0.479 e. The molecule has 1 saturated heterocycles. The quantitative estimate of drug-likeness (QED) is 0.534. The molecule has 0 radical (unpaired) electrons. The molecule has 1 heterocycles. The Morgan fingerprint density at radius 2 is 1.80 bits per heavy atom. The fraction of sp³-hybridized carbons (Fsp3) is 0.100. The van der Waals surface area contributed by atoms with Gasteiger partial charge >= 0.3 is 12.0 Å². The average Bonchev–Trinajstić information content (AvgIpc) is 2.67. The summed E-state index contributed by atoms with van der Waals surface area (Å²) in [5.74, 6) is -2.52. The normalized spacial score (nSPS) is 16.4. The molecule has 1 fully saturated rings. The van der Waals surface area contributed by atoms with Gasteiger partial charge in [0.2, 0.25) is 0 Å². The molecule has 0 aromatic heterocycles. The number of nitrogens with zero attached hydrogens (tertiary/aromatic N) is 1. The Morgan fingerprint density at radius 1 is 1.13 bits per heavy atom. The summed E-state index contributed by atoms with van der Waals surface area (Å²) in [6.45, 7) is 1.39. The van der Waals surface area contributed by atoms with Crippen LogP contribution in [0.4, 0.5) is 10.5 Å². The summed E-state index contributed by atoms with van der Waals surface area (Å²) in [6, 6.07) is 9.35. The summed E-state index contributed by atoms with van der Waals surface area (Å²) in [5, 5.41) is 11.4. The standard InChI is InChI=1S/C20H14Cl2N2O6/c1-10(19(27)28)30-13-5-2-11(3-6-13)8-14-17(25)23-20(29)24(18(14)26)16-7-4-12(21)9-15(16)22/h2-10H,1H3,(H,27,28)(H,23,25,29)/b14-8+. The highest BCUT2D eigenvalue weighted by molar-refractivity contribution is 6.42. The van der Waals surface area contributed by atoms with Crippen LogP contribution >= 0.6 is 23.2 Å². The molecule has 1 unspecified atom stereocenters. The number of rotatable bonds is 5. The number of nitrogens with one attached hydrogen (secondary N) is 1. The highest BCUT2D eigenvalue weighted by atomic mass is 35.5. The summed E-state index contributed by atoms with van der Waals surface area (Å²) in [5.41, 5.74) is 0.252. The molecule has 1 aliphatic heterocycles. The molecule has 1 aliphatic rings. The number of hydrogen-bond donors (Lipinski definition) is 2. The number of barbiturate groups is 1. The van der Waals surface area contributed by atoms with Crippen LogP contribution in [-0.2, 0) is 14.4 Å². The number of carbonyl (C=O) groups is 4. The Kier molecular flexibility index (Phi) is 6.09. The van der Waals surface area contributed by atoms with Crippen molar-refractivity contribution < 1.29 is 29.0 Å². The van der Waals surface area contributed by atoms with E-state index in [9.17, 15) is 19.2 Å². The van der Waals surface area contributed by atoms with E-state index in [1.165, 1.54) is 55.5 Å². The van der Waals surface area contributed by atoms with E-state index in [4.69, 9.17) is 33.0 Å². The molecule has 1 atom stereocenters. The lowest BCUT2D eigenvalue weighted by Crippen LogP contribution is -2.54. The predicted octanol–water partition coefficient (Wildman–Crippen LogP) is 3.51. The van der Waals surface area contributed by atoms with Gasteiger partial charge in [-0.3, -0.25) is 14.9 Å². The molecule has 2 aromatic rings. The zero-order chi connectivity index (χ0) is 22.0. The second kappa shape index (κ2) is 8.56. The Labute approximate surface area is 180 Å². The number of carbonyl (C=O) groups excluding carboxylic acids is 3. The van der Waals surface area contributed by atoms with Crippen molar-refractivity contribution in [2.24, 2.45) is 0 Å². The Bertz CT molecular complexity index is 1080. The van der Waals surface area contributed by atoms with Crippen LogP contribution in [0.5, 0.6) is 5.75 Å². The van der Waals surface area contributed by atoms with Gasteiger partial charge in [-0.25, -0.2) is 14.5 Å². The first kappa shape index (κ1) is 21.4. The van der Waals surface area contributed by atoms with Crippen LogP contribution in [0.15, 0.2) is 48.0 Å². The van der Waals surface area contributed by atoms with Gasteiger partial charge in [0.15, 0.2) is 6.10 Å². The number of ether oxygens (including phenoxy) is 1. The summed E-state index contributed by atoms with van der Waals surface area (Å²) >= 11 is 12.0. The van der Waals surface area contributed by atoms with Gasteiger partial charge in [-0.05, 0) is 48.9 Å². The van der Waals surface area contributed by atoms with Gasteiger partial charge in [0, 0.05) is 5.02 Å². The maximum Gasteiger partial charge on any atom is 0.344 e. The van der Waals surface area contributed by atoms with Gasteiger partial charge in [-0.15, -0.1) is 0 Å². The predicted molar refractivity (Wildman–Crippen MR) is 110 cm³/mol. The second-order valence-electron chi connectivity index (χ2n) is 6.22. The highest BCUT2D eigenvalue weighted by Gasteiger charge is 2.37. The van der Waals surface area contributed by atoms with Crippen molar-refractivity contribution in [1.29, 1.82) is 0 Å². The number of anilines is 1. The smallest absolute Gasteiger partial charge is 0.344 e. The van der Waals surface area contributed by atoms with Crippen molar-refractivity contribution >= 4 is 58.8 Å². The summed E-state index contributed by atoms with van der Waals surface area (Å²) < 4.78 is 5.23. The van der Waals surface area contributed by atoms with Crippen LogP contribution in [-0.4, -0.2) is 35.0 Å². The number of amides is 4. The SMILES string of the molecule is CC(Oc1ccc(/C=C2\C(=O)NC(=O)N(c3ccc(Cl)cc3Cl)C2=O)cc1)C(=O)O. The van der Waals surface area contributed by atoms with E-state index in [0.29, 0.717) is 16.3 Å². The molecule has 2 aromatic carbocycles. The van der Waals surface area contributed by atoms with Crippen LogP contribution in [0, 0.1) is 0 Å². The number of imide groups is 2. The minimum absolute atomic E-state index is 0.0637. The minimum atomic E-state index is -1.11. The van der Waals surface area contributed by atoms with Gasteiger partial charge in [-0.2, -0.15) is 0 Å². The van der Waals surface area contributed by atoms with Crippen molar-refractivity contribution in [2.75, 3.05) is 4.90 Å². The first-order valence-electron chi connectivity index (χ1n) is 8.53. The van der Waals surface area contributed by atoms with Crippen LogP contribution in [0.3, 0.4) is 0 Å². The number of hydrogen-bond acceptors (Lipinski definition) is 5. The van der Waals surface area contributed by atoms with Gasteiger partial charge in [0.05, 0.1) is 10.7 Å². The van der Waals surface area contributed by atoms with E-state index < -0.39 is 29.9 Å². The van der Waals surface area contributed by atoms with E-state index in [0.717, 1.165) is 4.90 Å². The molecule has 3 rings (SSSR count). The molecule has 0 spiro atoms. The van der Waals surface area contributed by atoms with Gasteiger partial charge in [-0.1, -0.05) is 35.3 Å². The van der Waals surface area contributed by atoms with Crippen LogP contribution in [0.1, 0.15) is 12.5 Å². The van der Waals surface area contributed by atoms with Crippen molar-refractivity contribution in [1.82, 2.24) is 5.32 Å². The molecule has 30 heavy (non-hydrogen) atoms. The van der Waals surface area contributed by atoms with Crippen LogP contribution in [0.25, 0.3) is 6.08 Å². The first-order valence-corrected chi connectivity index (χ1v) is 9.29. The van der Waals surface area contributed by atoms with Gasteiger partial charge < -0.3 is 9.84 Å². The lowest BCUT2D eigenvalue weighted by atomic mass is 10.1. The summed E-state index contributed by atoms with van der Waals surface area (Å²) in [6.07, 6.45) is 0.259. The number of urea groups is 1. The topological polar surface area (TPSA) is 113 Å². The zero-order valence-electron chi connectivity index (χ0n) is 15.4. The van der Waals surface area contributed by atoms with E-state index in [-0.39, 0.29) is 16.3 Å². The van der Waals surface area contributed by atoms with Crippen LogP contribution in [0.2, 0.25) is 10.0 Å². The molecule has 2 N–H and O–H groups in total. The van der Waals surface area contributed by atoms with Crippen molar-refractivity contribution in [3.05, 3.63) is 63.6 Å². The first-order chi connectivity index (χ1) is 14.2. The second-order valence-corrected chi connectivity index (χ2v) is 7.06. The van der Waals surface area contributed by atoms with E-state index >= 15 is 0 Å². The zero-order valence-corrected chi connectivity index (χ0v) is 16.9. The molecule has 8 nitrogen and oxygen atoms in total. The highest BCUT2D eigenvalue weighted by Crippen LogP contribution is 2.31. The lowest BCUT2D eigenvalue weighted by molar-refractivity contribution is -0.144. The Hall–Kier alpha value is -3.36. The third kappa shape index (κ3) is 4.45. The van der Waals surface area contributed by atoms with Crippen LogP contribution < -0.4 is 15.0 Å². The summed E-state index contributed by atoms with van der Waals surface area (Å²) in [7, 11) is 0. The third-order valence-electron chi connectivity index (χ3n) is 4.10. The summed E-state index contributed by atoms with van der Waals surface area (Å²) in [4.78, 5) is 48.9. The largest absolute Gasteiger partial charge is 0.479 e. The fourth-order valence-corrected chi connectivity index (χ4v) is 3.10. The Morgan fingerprint density at radius 3 is 2.40 bits per heavy atom. The average molecular weight is 449 g/mol. The van der Waals surface area contributed by atoms with E-state index in [1.807, 2.05) is 0 Å². The number of benzene rings is 2. The van der Waals surface area contributed by atoms with Crippen molar-refractivity contribution in [2.45, 2.75) is 13.0 Å². The van der Waals surface area contributed by atoms with Crippen molar-refractivity contribution in [3.63, 3.8) is 0 Å². The third-order valence-corrected chi connectivity index (χ3v) is 4.64. The van der Waals surface area contributed by atoms with E-state index in [2.05, 4.69) is 5.32 Å². The maximum atomic E-state index is 12.9. The molecular formula is C20H14Cl2N2O6. The molecular weight excluding hydrogens is 435 g/mol. The molecule has 4 amide bonds. The lowest BCUT2D eigenvalue weighted by Gasteiger charge is -2.27. The van der Waals surface area contributed by atoms with E-state index in [1.54, 1.807) is 0 Å².